The Labute approximate surface area is 215 Å². The average molecular weight is 542 g/mol. The van der Waals surface area contributed by atoms with Crippen LogP contribution in [0.1, 0.15) is 36.8 Å². The van der Waals surface area contributed by atoms with Gasteiger partial charge in [0, 0.05) is 31.2 Å². The number of benzene rings is 1. The number of phenolic OH excluding ortho intramolecular Hbond substituents is 1. The molecular weight excluding hydrogens is 507 g/mol. The van der Waals surface area contributed by atoms with E-state index >= 15 is 0 Å². The van der Waals surface area contributed by atoms with E-state index in [1.165, 1.54) is 6.07 Å². The lowest BCUT2D eigenvalue weighted by molar-refractivity contribution is -0.137. The molecule has 2 aromatic rings. The van der Waals surface area contributed by atoms with Crippen LogP contribution in [-0.4, -0.2) is 78.9 Å². The van der Waals surface area contributed by atoms with Gasteiger partial charge in [0.25, 0.3) is 0 Å². The first-order valence-electron chi connectivity index (χ1n) is 12.6. The Morgan fingerprint density at radius 1 is 1.14 bits per heavy atom. The third kappa shape index (κ3) is 7.55. The van der Waals surface area contributed by atoms with Crippen LogP contribution in [0.4, 0.5) is 19.0 Å². The molecule has 0 unspecified atom stereocenters. The van der Waals surface area contributed by atoms with Gasteiger partial charge in [0.05, 0.1) is 22.8 Å². The molecule has 3 N–H and O–H groups in total. The maximum absolute atomic E-state index is 12.9. The summed E-state index contributed by atoms with van der Waals surface area (Å²) >= 11 is 0. The van der Waals surface area contributed by atoms with Crippen LogP contribution < -0.4 is 10.6 Å². The molecule has 1 atom stereocenters. The summed E-state index contributed by atoms with van der Waals surface area (Å²) in [6, 6.07) is 4.83. The van der Waals surface area contributed by atoms with E-state index in [2.05, 4.69) is 25.7 Å². The van der Waals surface area contributed by atoms with E-state index in [-0.39, 0.29) is 11.6 Å². The van der Waals surface area contributed by atoms with Crippen LogP contribution in [0.5, 0.6) is 5.75 Å². The van der Waals surface area contributed by atoms with Gasteiger partial charge in [-0.3, -0.25) is 0 Å². The number of piperidine rings is 1. The van der Waals surface area contributed by atoms with Crippen molar-refractivity contribution in [1.82, 2.24) is 20.4 Å². The number of halogens is 3. The highest BCUT2D eigenvalue weighted by Gasteiger charge is 2.31. The second-order valence-electron chi connectivity index (χ2n) is 10.1. The van der Waals surface area contributed by atoms with Gasteiger partial charge in [-0.2, -0.15) is 13.2 Å². The lowest BCUT2D eigenvalue weighted by Crippen LogP contribution is -2.45. The number of nitrogens with one attached hydrogen (secondary N) is 2. The van der Waals surface area contributed by atoms with Gasteiger partial charge in [-0.05, 0) is 81.4 Å². The number of nitrogens with zero attached hydrogens (tertiary/aromatic N) is 3. The summed E-state index contributed by atoms with van der Waals surface area (Å²) in [6.07, 6.45) is -1.02. The largest absolute Gasteiger partial charge is 0.507 e. The quantitative estimate of drug-likeness (QED) is 0.436. The summed E-state index contributed by atoms with van der Waals surface area (Å²) in [7, 11) is -2.82. The predicted octanol–water partition coefficient (Wildman–Crippen LogP) is 3.47. The number of alkyl halides is 3. The van der Waals surface area contributed by atoms with Crippen molar-refractivity contribution in [2.24, 2.45) is 5.92 Å². The second-order valence-corrected chi connectivity index (χ2v) is 12.4. The van der Waals surface area contributed by atoms with E-state index in [1.54, 1.807) is 13.0 Å². The average Bonchev–Trinajstić information content (AvgIpc) is 2.83. The summed E-state index contributed by atoms with van der Waals surface area (Å²) in [6.45, 7) is 6.25. The van der Waals surface area contributed by atoms with Gasteiger partial charge >= 0.3 is 6.18 Å². The minimum atomic E-state index is -4.53. The molecule has 204 valence electrons. The molecule has 1 aromatic carbocycles. The molecule has 0 spiro atoms. The maximum Gasteiger partial charge on any atom is 0.416 e. The molecule has 1 aromatic heterocycles. The molecule has 0 aliphatic carbocycles. The molecule has 37 heavy (non-hydrogen) atoms. The second kappa shape index (κ2) is 11.5. The first-order valence-corrected chi connectivity index (χ1v) is 14.5. The van der Waals surface area contributed by atoms with Gasteiger partial charge in [0.2, 0.25) is 0 Å². The van der Waals surface area contributed by atoms with Crippen molar-refractivity contribution >= 4 is 15.7 Å². The van der Waals surface area contributed by atoms with Crippen LogP contribution in [0.3, 0.4) is 0 Å². The predicted molar refractivity (Wildman–Crippen MR) is 136 cm³/mol. The van der Waals surface area contributed by atoms with Gasteiger partial charge in [-0.25, -0.2) is 8.42 Å². The van der Waals surface area contributed by atoms with Crippen molar-refractivity contribution in [3.05, 3.63) is 35.4 Å². The lowest BCUT2D eigenvalue weighted by atomic mass is 10.0. The van der Waals surface area contributed by atoms with Crippen molar-refractivity contribution in [3.63, 3.8) is 0 Å². The van der Waals surface area contributed by atoms with Crippen molar-refractivity contribution in [1.29, 1.82) is 0 Å². The molecule has 0 saturated carbocycles. The fourth-order valence-corrected chi connectivity index (χ4v) is 6.59. The van der Waals surface area contributed by atoms with E-state index < -0.39 is 27.3 Å². The molecule has 0 amide bonds. The van der Waals surface area contributed by atoms with Crippen LogP contribution in [0, 0.1) is 12.8 Å². The maximum atomic E-state index is 12.9. The summed E-state index contributed by atoms with van der Waals surface area (Å²) in [5, 5.41) is 25.5. The first-order chi connectivity index (χ1) is 17.5. The van der Waals surface area contributed by atoms with Gasteiger partial charge in [0.1, 0.15) is 21.4 Å². The zero-order valence-electron chi connectivity index (χ0n) is 20.9. The number of phenols is 1. The number of hydrogen-bond acceptors (Lipinski definition) is 8. The minimum absolute atomic E-state index is 0.191. The molecule has 0 bridgehead atoms. The van der Waals surface area contributed by atoms with Gasteiger partial charge in [-0.1, -0.05) is 0 Å². The number of aryl methyl sites for hydroxylation is 1. The number of rotatable bonds is 8. The number of likely N-dealkylation sites (tertiary alicyclic amines) is 1. The van der Waals surface area contributed by atoms with Crippen molar-refractivity contribution < 1.29 is 26.7 Å². The van der Waals surface area contributed by atoms with Crippen molar-refractivity contribution in [2.75, 3.05) is 49.5 Å². The van der Waals surface area contributed by atoms with Crippen LogP contribution in [0.25, 0.3) is 11.3 Å². The van der Waals surface area contributed by atoms with Crippen LogP contribution >= 0.6 is 0 Å². The Bertz CT molecular complexity index is 1180. The highest BCUT2D eigenvalue weighted by molar-refractivity contribution is 7.91. The van der Waals surface area contributed by atoms with Crippen molar-refractivity contribution in [2.45, 2.75) is 44.8 Å². The topological polar surface area (TPSA) is 107 Å². The molecule has 2 aliphatic rings. The fourth-order valence-electron chi connectivity index (χ4n) is 5.00. The molecule has 8 nitrogen and oxygen atoms in total. The Kier molecular flexibility index (Phi) is 8.59. The van der Waals surface area contributed by atoms with E-state index in [0.29, 0.717) is 40.6 Å². The third-order valence-electron chi connectivity index (χ3n) is 7.13. The zero-order chi connectivity index (χ0) is 26.6. The summed E-state index contributed by atoms with van der Waals surface area (Å²) in [5.41, 5.74) is 0.318. The third-order valence-corrected chi connectivity index (χ3v) is 8.85. The normalized spacial score (nSPS) is 21.1. The molecular formula is C25H34F3N5O3S. The standard InChI is InChI=1S/C25H34F3N5O3S/c1-17-13-23(31-32-24(17)21-5-4-19(14-22(21)34)25(26,27)28)30-20-3-2-9-33(16-20)10-8-29-15-18-6-11-37(35,36)12-7-18/h4-5,13-14,18,20,29,34H,2-3,6-12,15-16H2,1H3,(H,30,31)/t20-/m1/s1. The SMILES string of the molecule is Cc1cc(N[C@@H]2CCCN(CCNCC3CCS(=O)(=O)CC3)C2)nnc1-c1ccc(C(F)(F)F)cc1O. The zero-order valence-corrected chi connectivity index (χ0v) is 21.7. The number of hydrogen-bond donors (Lipinski definition) is 3. The number of aromatic nitrogens is 2. The lowest BCUT2D eigenvalue weighted by Gasteiger charge is -2.33. The summed E-state index contributed by atoms with van der Waals surface area (Å²) in [5.74, 6) is 1.12. The number of aromatic hydroxyl groups is 1. The van der Waals surface area contributed by atoms with E-state index in [9.17, 15) is 26.7 Å². The fraction of sp³-hybridized carbons (Fsp3) is 0.600. The Hall–Kier alpha value is -2.44. The molecule has 3 heterocycles. The summed E-state index contributed by atoms with van der Waals surface area (Å²) < 4.78 is 61.8. The number of sulfone groups is 1. The van der Waals surface area contributed by atoms with Gasteiger partial charge in [-0.15, -0.1) is 10.2 Å². The number of anilines is 1. The van der Waals surface area contributed by atoms with E-state index in [0.717, 1.165) is 64.5 Å². The van der Waals surface area contributed by atoms with Crippen molar-refractivity contribution in [3.8, 4) is 17.0 Å². The van der Waals surface area contributed by atoms with E-state index in [1.807, 2.05) is 0 Å². The highest BCUT2D eigenvalue weighted by atomic mass is 32.2. The Morgan fingerprint density at radius 2 is 1.89 bits per heavy atom. The van der Waals surface area contributed by atoms with Crippen LogP contribution in [-0.2, 0) is 16.0 Å². The molecule has 4 rings (SSSR count). The Balaban J connectivity index is 1.27. The molecule has 2 aliphatic heterocycles. The molecule has 2 saturated heterocycles. The van der Waals surface area contributed by atoms with Gasteiger partial charge < -0.3 is 20.6 Å². The molecule has 12 heteroatoms. The molecule has 2 fully saturated rings. The monoisotopic (exact) mass is 541 g/mol. The van der Waals surface area contributed by atoms with Crippen LogP contribution in [0.15, 0.2) is 24.3 Å². The Morgan fingerprint density at radius 3 is 2.57 bits per heavy atom. The molecule has 0 radical (unpaired) electrons. The van der Waals surface area contributed by atoms with Gasteiger partial charge in [0.15, 0.2) is 0 Å². The summed E-state index contributed by atoms with van der Waals surface area (Å²) in [4.78, 5) is 2.38. The highest BCUT2D eigenvalue weighted by Crippen LogP contribution is 2.36. The van der Waals surface area contributed by atoms with Crippen LogP contribution in [0.2, 0.25) is 0 Å². The first kappa shape index (κ1) is 27.6. The minimum Gasteiger partial charge on any atom is -0.507 e. The smallest absolute Gasteiger partial charge is 0.416 e. The van der Waals surface area contributed by atoms with E-state index in [4.69, 9.17) is 0 Å².